The molecule has 0 saturated heterocycles. The van der Waals surface area contributed by atoms with Crippen molar-refractivity contribution in [2.75, 3.05) is 0 Å². The second-order valence-corrected chi connectivity index (χ2v) is 5.18. The molecule has 1 heterocycles. The molecule has 16 heavy (non-hydrogen) atoms. The molecule has 2 nitrogen and oxygen atoms in total. The van der Waals surface area contributed by atoms with Gasteiger partial charge in [-0.25, -0.2) is 0 Å². The fraction of sp³-hybridized carbons (Fsp3) is 0.308. The van der Waals surface area contributed by atoms with Crippen LogP contribution < -0.4 is 5.73 Å². The fourth-order valence-electron chi connectivity index (χ4n) is 1.93. The first-order valence-electron chi connectivity index (χ1n) is 5.37. The standard InChI is InChI=1S/C13H15BrN2/c1-8(15)5-10-6-9(2)16-13-4-3-11(14)7-12(10)13/h3-4,6-8H,5,15H2,1-2H3. The predicted molar refractivity (Wildman–Crippen MR) is 71.5 cm³/mol. The Labute approximate surface area is 104 Å². The van der Waals surface area contributed by atoms with Crippen molar-refractivity contribution >= 4 is 26.8 Å². The van der Waals surface area contributed by atoms with Gasteiger partial charge >= 0.3 is 0 Å². The highest BCUT2D eigenvalue weighted by Crippen LogP contribution is 2.23. The Hall–Kier alpha value is -0.930. The maximum atomic E-state index is 5.87. The Kier molecular flexibility index (Phi) is 3.26. The second-order valence-electron chi connectivity index (χ2n) is 4.27. The van der Waals surface area contributed by atoms with Gasteiger partial charge in [0.05, 0.1) is 5.52 Å². The lowest BCUT2D eigenvalue weighted by Gasteiger charge is -2.10. The number of pyridine rings is 1. The Bertz CT molecular complexity index is 521. The number of rotatable bonds is 2. The molecule has 0 aliphatic rings. The number of fused-ring (bicyclic) bond motifs is 1. The van der Waals surface area contributed by atoms with Gasteiger partial charge in [0, 0.05) is 21.6 Å². The van der Waals surface area contributed by atoms with Gasteiger partial charge in [-0.15, -0.1) is 0 Å². The van der Waals surface area contributed by atoms with Crippen LogP contribution in [0.4, 0.5) is 0 Å². The summed E-state index contributed by atoms with van der Waals surface area (Å²) in [5.41, 5.74) is 9.24. The van der Waals surface area contributed by atoms with Crippen LogP contribution in [0.15, 0.2) is 28.7 Å². The van der Waals surface area contributed by atoms with Crippen LogP contribution in [0, 0.1) is 6.92 Å². The Morgan fingerprint density at radius 1 is 1.38 bits per heavy atom. The molecule has 0 aliphatic heterocycles. The summed E-state index contributed by atoms with van der Waals surface area (Å²) in [6.07, 6.45) is 0.885. The van der Waals surface area contributed by atoms with E-state index < -0.39 is 0 Å². The number of benzene rings is 1. The highest BCUT2D eigenvalue weighted by atomic mass is 79.9. The normalized spacial score (nSPS) is 13.0. The van der Waals surface area contributed by atoms with Gasteiger partial charge in [-0.05, 0) is 50.1 Å². The van der Waals surface area contributed by atoms with Crippen molar-refractivity contribution in [3.8, 4) is 0 Å². The van der Waals surface area contributed by atoms with Crippen molar-refractivity contribution < 1.29 is 0 Å². The zero-order chi connectivity index (χ0) is 11.7. The molecule has 1 aromatic carbocycles. The molecule has 1 unspecified atom stereocenters. The van der Waals surface area contributed by atoms with Crippen molar-refractivity contribution in [2.45, 2.75) is 26.3 Å². The average Bonchev–Trinajstić information content (AvgIpc) is 2.18. The summed E-state index contributed by atoms with van der Waals surface area (Å²) >= 11 is 3.49. The minimum absolute atomic E-state index is 0.170. The van der Waals surface area contributed by atoms with Gasteiger partial charge in [0.1, 0.15) is 0 Å². The highest BCUT2D eigenvalue weighted by molar-refractivity contribution is 9.10. The van der Waals surface area contributed by atoms with Gasteiger partial charge in [-0.1, -0.05) is 15.9 Å². The summed E-state index contributed by atoms with van der Waals surface area (Å²) in [7, 11) is 0. The Morgan fingerprint density at radius 2 is 2.12 bits per heavy atom. The second kappa shape index (κ2) is 4.52. The van der Waals surface area contributed by atoms with Gasteiger partial charge < -0.3 is 5.73 Å². The largest absolute Gasteiger partial charge is 0.328 e. The van der Waals surface area contributed by atoms with E-state index in [2.05, 4.69) is 33.0 Å². The quantitative estimate of drug-likeness (QED) is 0.916. The van der Waals surface area contributed by atoms with Crippen LogP contribution >= 0.6 is 15.9 Å². The van der Waals surface area contributed by atoms with E-state index in [0.717, 1.165) is 22.1 Å². The summed E-state index contributed by atoms with van der Waals surface area (Å²) in [5, 5.41) is 1.19. The zero-order valence-corrected chi connectivity index (χ0v) is 11.1. The maximum Gasteiger partial charge on any atom is 0.0708 e. The third-order valence-electron chi connectivity index (χ3n) is 2.53. The van der Waals surface area contributed by atoms with Crippen molar-refractivity contribution in [1.82, 2.24) is 4.98 Å². The molecule has 0 amide bonds. The lowest BCUT2D eigenvalue weighted by molar-refractivity contribution is 0.740. The van der Waals surface area contributed by atoms with Crippen LogP contribution in [0.2, 0.25) is 0 Å². The average molecular weight is 279 g/mol. The monoisotopic (exact) mass is 278 g/mol. The lowest BCUT2D eigenvalue weighted by atomic mass is 10.0. The molecular formula is C13H15BrN2. The minimum Gasteiger partial charge on any atom is -0.328 e. The number of hydrogen-bond acceptors (Lipinski definition) is 2. The van der Waals surface area contributed by atoms with E-state index in [9.17, 15) is 0 Å². The molecule has 0 bridgehead atoms. The van der Waals surface area contributed by atoms with Crippen LogP contribution in [-0.2, 0) is 6.42 Å². The topological polar surface area (TPSA) is 38.9 Å². The molecule has 0 aliphatic carbocycles. The van der Waals surface area contributed by atoms with Gasteiger partial charge in [-0.2, -0.15) is 0 Å². The van der Waals surface area contributed by atoms with Crippen LogP contribution in [-0.4, -0.2) is 11.0 Å². The van der Waals surface area contributed by atoms with Crippen molar-refractivity contribution in [2.24, 2.45) is 5.73 Å². The molecule has 0 fully saturated rings. The molecular weight excluding hydrogens is 264 g/mol. The van der Waals surface area contributed by atoms with E-state index in [1.54, 1.807) is 0 Å². The van der Waals surface area contributed by atoms with Crippen LogP contribution in [0.3, 0.4) is 0 Å². The molecule has 0 spiro atoms. The fourth-order valence-corrected chi connectivity index (χ4v) is 2.29. The molecule has 0 saturated carbocycles. The predicted octanol–water partition coefficient (Wildman–Crippen LogP) is 3.20. The molecule has 1 atom stereocenters. The molecule has 2 aromatic rings. The first-order chi connectivity index (χ1) is 7.56. The summed E-state index contributed by atoms with van der Waals surface area (Å²) in [6.45, 7) is 4.05. The lowest BCUT2D eigenvalue weighted by Crippen LogP contribution is -2.18. The molecule has 2 rings (SSSR count). The molecule has 3 heteroatoms. The van der Waals surface area contributed by atoms with E-state index in [4.69, 9.17) is 5.73 Å². The molecule has 2 N–H and O–H groups in total. The highest BCUT2D eigenvalue weighted by Gasteiger charge is 2.06. The third-order valence-corrected chi connectivity index (χ3v) is 3.02. The number of aryl methyl sites for hydroxylation is 1. The summed E-state index contributed by atoms with van der Waals surface area (Å²) in [6, 6.07) is 8.46. The van der Waals surface area contributed by atoms with Crippen LogP contribution in [0.1, 0.15) is 18.2 Å². The van der Waals surface area contributed by atoms with E-state index >= 15 is 0 Å². The van der Waals surface area contributed by atoms with E-state index in [0.29, 0.717) is 0 Å². The summed E-state index contributed by atoms with van der Waals surface area (Å²) in [4.78, 5) is 4.52. The SMILES string of the molecule is Cc1cc(CC(C)N)c2cc(Br)ccc2n1. The maximum absolute atomic E-state index is 5.87. The number of nitrogens with two attached hydrogens (primary N) is 1. The van der Waals surface area contributed by atoms with Gasteiger partial charge in [0.15, 0.2) is 0 Å². The molecule has 0 radical (unpaired) electrons. The number of nitrogens with zero attached hydrogens (tertiary/aromatic N) is 1. The smallest absolute Gasteiger partial charge is 0.0708 e. The number of hydrogen-bond donors (Lipinski definition) is 1. The Balaban J connectivity index is 2.64. The zero-order valence-electron chi connectivity index (χ0n) is 9.50. The van der Waals surface area contributed by atoms with Crippen molar-refractivity contribution in [3.05, 3.63) is 40.0 Å². The van der Waals surface area contributed by atoms with Crippen LogP contribution in [0.25, 0.3) is 10.9 Å². The van der Waals surface area contributed by atoms with Gasteiger partial charge in [-0.3, -0.25) is 4.98 Å². The minimum atomic E-state index is 0.170. The van der Waals surface area contributed by atoms with E-state index in [-0.39, 0.29) is 6.04 Å². The number of halogens is 1. The van der Waals surface area contributed by atoms with E-state index in [1.807, 2.05) is 26.0 Å². The number of aromatic nitrogens is 1. The van der Waals surface area contributed by atoms with Crippen LogP contribution in [0.5, 0.6) is 0 Å². The molecule has 1 aromatic heterocycles. The first kappa shape index (κ1) is 11.6. The van der Waals surface area contributed by atoms with Gasteiger partial charge in [0.25, 0.3) is 0 Å². The third kappa shape index (κ3) is 2.42. The van der Waals surface area contributed by atoms with Gasteiger partial charge in [0.2, 0.25) is 0 Å². The van der Waals surface area contributed by atoms with Crippen molar-refractivity contribution in [1.29, 1.82) is 0 Å². The summed E-state index contributed by atoms with van der Waals surface area (Å²) < 4.78 is 1.08. The molecule has 84 valence electrons. The summed E-state index contributed by atoms with van der Waals surface area (Å²) in [5.74, 6) is 0. The van der Waals surface area contributed by atoms with E-state index in [1.165, 1.54) is 10.9 Å². The first-order valence-corrected chi connectivity index (χ1v) is 6.17. The Morgan fingerprint density at radius 3 is 2.81 bits per heavy atom. The van der Waals surface area contributed by atoms with Crippen molar-refractivity contribution in [3.63, 3.8) is 0 Å².